The number of carbonyl (C=O) groups excluding carboxylic acids is 1. The van der Waals surface area contributed by atoms with Crippen molar-refractivity contribution in [2.45, 2.75) is 45.8 Å². The van der Waals surface area contributed by atoms with Gasteiger partial charge in [-0.3, -0.25) is 0 Å². The number of alkyl carbamates (subject to hydrolysis) is 1. The maximum Gasteiger partial charge on any atom is 0.408 e. The Morgan fingerprint density at radius 1 is 1.32 bits per heavy atom. The third kappa shape index (κ3) is 6.09. The van der Waals surface area contributed by atoms with Crippen LogP contribution < -0.4 is 5.32 Å². The molecule has 0 aliphatic heterocycles. The van der Waals surface area contributed by atoms with Crippen LogP contribution in [0, 0.1) is 0 Å². The molecule has 1 rings (SSSR count). The molecule has 1 N–H and O–H groups in total. The topological polar surface area (TPSA) is 38.3 Å². The number of benzene rings is 1. The Kier molecular flexibility index (Phi) is 5.16. The van der Waals surface area contributed by atoms with E-state index in [1.54, 1.807) is 0 Å². The van der Waals surface area contributed by atoms with Crippen LogP contribution in [0.3, 0.4) is 0 Å². The van der Waals surface area contributed by atoms with Crippen LogP contribution in [0.5, 0.6) is 0 Å². The van der Waals surface area contributed by atoms with Crippen molar-refractivity contribution in [2.75, 3.05) is 0 Å². The summed E-state index contributed by atoms with van der Waals surface area (Å²) in [5.41, 5.74) is 1.58. The van der Waals surface area contributed by atoms with Crippen molar-refractivity contribution in [3.05, 3.63) is 48.0 Å². The molecule has 1 amide bonds. The zero-order valence-electron chi connectivity index (χ0n) is 12.2. The molecule has 0 aromatic heterocycles. The van der Waals surface area contributed by atoms with Gasteiger partial charge in [0.05, 0.1) is 6.04 Å². The minimum atomic E-state index is -0.490. The SMILES string of the molecule is C=C(C)[C@H](Cc1ccccc1)NC(=O)OC(C)(C)C. The van der Waals surface area contributed by atoms with Crippen LogP contribution in [-0.2, 0) is 11.2 Å². The maximum atomic E-state index is 11.8. The highest BCUT2D eigenvalue weighted by Crippen LogP contribution is 2.11. The van der Waals surface area contributed by atoms with Gasteiger partial charge in [-0.05, 0) is 39.7 Å². The summed E-state index contributed by atoms with van der Waals surface area (Å²) in [7, 11) is 0. The molecule has 0 bridgehead atoms. The lowest BCUT2D eigenvalue weighted by Gasteiger charge is -2.24. The quantitative estimate of drug-likeness (QED) is 0.839. The Morgan fingerprint density at radius 2 is 1.89 bits per heavy atom. The zero-order chi connectivity index (χ0) is 14.5. The third-order valence-corrected chi connectivity index (χ3v) is 2.57. The Hall–Kier alpha value is -1.77. The molecule has 0 fully saturated rings. The maximum absolute atomic E-state index is 11.8. The second-order valence-electron chi connectivity index (χ2n) is 5.73. The van der Waals surface area contributed by atoms with Crippen molar-refractivity contribution in [1.82, 2.24) is 5.32 Å². The van der Waals surface area contributed by atoms with Crippen molar-refractivity contribution in [1.29, 1.82) is 0 Å². The summed E-state index contributed by atoms with van der Waals surface area (Å²) in [6.07, 6.45) is 0.312. The third-order valence-electron chi connectivity index (χ3n) is 2.57. The van der Waals surface area contributed by atoms with Crippen LogP contribution in [0.4, 0.5) is 4.79 Å². The fourth-order valence-corrected chi connectivity index (χ4v) is 1.65. The predicted molar refractivity (Wildman–Crippen MR) is 78.1 cm³/mol. The molecule has 104 valence electrons. The van der Waals surface area contributed by atoms with Gasteiger partial charge in [0.25, 0.3) is 0 Å². The van der Waals surface area contributed by atoms with E-state index in [-0.39, 0.29) is 6.04 Å². The van der Waals surface area contributed by atoms with E-state index in [0.29, 0.717) is 0 Å². The molecule has 3 heteroatoms. The molecule has 0 saturated heterocycles. The first-order chi connectivity index (χ1) is 8.78. The van der Waals surface area contributed by atoms with Gasteiger partial charge in [0, 0.05) is 0 Å². The first-order valence-corrected chi connectivity index (χ1v) is 6.47. The van der Waals surface area contributed by atoms with Crippen molar-refractivity contribution >= 4 is 6.09 Å². The van der Waals surface area contributed by atoms with Crippen molar-refractivity contribution in [2.24, 2.45) is 0 Å². The van der Waals surface area contributed by atoms with Gasteiger partial charge in [-0.15, -0.1) is 0 Å². The highest BCUT2D eigenvalue weighted by atomic mass is 16.6. The largest absolute Gasteiger partial charge is 0.444 e. The lowest BCUT2D eigenvalue weighted by molar-refractivity contribution is 0.0512. The number of ether oxygens (including phenoxy) is 1. The molecule has 0 radical (unpaired) electrons. The molecular formula is C16H23NO2. The van der Waals surface area contributed by atoms with Gasteiger partial charge in [0.15, 0.2) is 0 Å². The molecule has 0 aliphatic rings. The number of rotatable bonds is 4. The van der Waals surface area contributed by atoms with E-state index < -0.39 is 11.7 Å². The molecular weight excluding hydrogens is 238 g/mol. The second-order valence-corrected chi connectivity index (χ2v) is 5.73. The summed E-state index contributed by atoms with van der Waals surface area (Å²) in [5.74, 6) is 0. The van der Waals surface area contributed by atoms with Gasteiger partial charge in [-0.25, -0.2) is 4.79 Å². The van der Waals surface area contributed by atoms with Crippen LogP contribution >= 0.6 is 0 Å². The summed E-state index contributed by atoms with van der Waals surface area (Å²) in [4.78, 5) is 11.8. The van der Waals surface area contributed by atoms with E-state index in [4.69, 9.17) is 4.74 Å². The molecule has 0 spiro atoms. The average molecular weight is 261 g/mol. The van der Waals surface area contributed by atoms with Crippen molar-refractivity contribution in [3.8, 4) is 0 Å². The van der Waals surface area contributed by atoms with E-state index in [1.165, 1.54) is 0 Å². The number of carbonyl (C=O) groups is 1. The van der Waals surface area contributed by atoms with Crippen LogP contribution in [0.1, 0.15) is 33.3 Å². The minimum absolute atomic E-state index is 0.114. The zero-order valence-corrected chi connectivity index (χ0v) is 12.2. The van der Waals surface area contributed by atoms with Gasteiger partial charge in [0.2, 0.25) is 0 Å². The van der Waals surface area contributed by atoms with Gasteiger partial charge >= 0.3 is 6.09 Å². The standard InChI is InChI=1S/C16H23NO2/c1-12(2)14(11-13-9-7-6-8-10-13)17-15(18)19-16(3,4)5/h6-10,14H,1,11H2,2-5H3,(H,17,18)/t14-/m0/s1. The predicted octanol–water partition coefficient (Wildman–Crippen LogP) is 3.70. The molecule has 0 aliphatic carbocycles. The number of amides is 1. The summed E-state index contributed by atoms with van der Waals surface area (Å²) in [6.45, 7) is 11.4. The molecule has 3 nitrogen and oxygen atoms in total. The summed E-state index contributed by atoms with van der Waals surface area (Å²) < 4.78 is 5.26. The summed E-state index contributed by atoms with van der Waals surface area (Å²) >= 11 is 0. The molecule has 0 saturated carbocycles. The van der Waals surface area contributed by atoms with E-state index in [2.05, 4.69) is 11.9 Å². The smallest absolute Gasteiger partial charge is 0.408 e. The van der Waals surface area contributed by atoms with Crippen molar-refractivity contribution < 1.29 is 9.53 Å². The Bertz CT molecular complexity index is 432. The molecule has 19 heavy (non-hydrogen) atoms. The molecule has 0 unspecified atom stereocenters. The van der Waals surface area contributed by atoms with Gasteiger partial charge < -0.3 is 10.1 Å². The average Bonchev–Trinajstić information content (AvgIpc) is 2.26. The second kappa shape index (κ2) is 6.41. The van der Waals surface area contributed by atoms with Gasteiger partial charge in [-0.2, -0.15) is 0 Å². The number of hydrogen-bond donors (Lipinski definition) is 1. The highest BCUT2D eigenvalue weighted by molar-refractivity contribution is 5.68. The highest BCUT2D eigenvalue weighted by Gasteiger charge is 2.20. The minimum Gasteiger partial charge on any atom is -0.444 e. The monoisotopic (exact) mass is 261 g/mol. The van der Waals surface area contributed by atoms with Crippen LogP contribution in [0.2, 0.25) is 0 Å². The van der Waals surface area contributed by atoms with Gasteiger partial charge in [0.1, 0.15) is 5.60 Å². The van der Waals surface area contributed by atoms with E-state index in [1.807, 2.05) is 58.0 Å². The van der Waals surface area contributed by atoms with Gasteiger partial charge in [-0.1, -0.05) is 42.5 Å². The first kappa shape index (κ1) is 15.3. The first-order valence-electron chi connectivity index (χ1n) is 6.47. The molecule has 1 aromatic rings. The van der Waals surface area contributed by atoms with E-state index in [9.17, 15) is 4.79 Å². The van der Waals surface area contributed by atoms with E-state index in [0.717, 1.165) is 17.6 Å². The van der Waals surface area contributed by atoms with Crippen LogP contribution in [-0.4, -0.2) is 17.7 Å². The molecule has 0 heterocycles. The Balaban J connectivity index is 2.64. The lowest BCUT2D eigenvalue weighted by Crippen LogP contribution is -2.40. The number of nitrogens with one attached hydrogen (secondary N) is 1. The van der Waals surface area contributed by atoms with Crippen molar-refractivity contribution in [3.63, 3.8) is 0 Å². The molecule has 1 aromatic carbocycles. The number of hydrogen-bond acceptors (Lipinski definition) is 2. The summed E-state index contributed by atoms with van der Waals surface area (Å²) in [5, 5.41) is 2.86. The lowest BCUT2D eigenvalue weighted by atomic mass is 10.0. The Labute approximate surface area is 115 Å². The summed E-state index contributed by atoms with van der Waals surface area (Å²) in [6, 6.07) is 9.90. The Morgan fingerprint density at radius 3 is 2.37 bits per heavy atom. The molecule has 1 atom stereocenters. The van der Waals surface area contributed by atoms with E-state index >= 15 is 0 Å². The van der Waals surface area contributed by atoms with Crippen LogP contribution in [0.25, 0.3) is 0 Å². The fraction of sp³-hybridized carbons (Fsp3) is 0.438. The van der Waals surface area contributed by atoms with Crippen LogP contribution in [0.15, 0.2) is 42.5 Å². The normalized spacial score (nSPS) is 12.6. The fourth-order valence-electron chi connectivity index (χ4n) is 1.65.